The third kappa shape index (κ3) is 5.96. The highest BCUT2D eigenvalue weighted by Gasteiger charge is 2.34. The molecule has 1 unspecified atom stereocenters. The van der Waals surface area contributed by atoms with Gasteiger partial charge in [-0.1, -0.05) is 25.4 Å². The predicted octanol–water partition coefficient (Wildman–Crippen LogP) is 3.67. The Kier molecular flexibility index (Phi) is 8.07. The number of carbonyl (C=O) groups excluding carboxylic acids is 1. The third-order valence-electron chi connectivity index (χ3n) is 4.37. The number of halogens is 2. The number of methoxy groups -OCH3 is 1. The smallest absolute Gasteiger partial charge is 0.244 e. The van der Waals surface area contributed by atoms with E-state index in [1.807, 2.05) is 0 Å². The van der Waals surface area contributed by atoms with Gasteiger partial charge >= 0.3 is 0 Å². The van der Waals surface area contributed by atoms with Crippen LogP contribution in [0, 0.1) is 11.7 Å². The van der Waals surface area contributed by atoms with Crippen LogP contribution in [-0.4, -0.2) is 41.4 Å². The van der Waals surface area contributed by atoms with Crippen molar-refractivity contribution in [3.8, 4) is 5.75 Å². The van der Waals surface area contributed by atoms with Crippen molar-refractivity contribution in [1.82, 2.24) is 0 Å². The quantitative estimate of drug-likeness (QED) is 0.530. The third-order valence-corrected chi connectivity index (χ3v) is 8.43. The highest BCUT2D eigenvalue weighted by atomic mass is 35.5. The van der Waals surface area contributed by atoms with E-state index in [0.717, 1.165) is 6.07 Å². The highest BCUT2D eigenvalue weighted by molar-refractivity contribution is 7.93. The number of carbonyl (C=O) groups is 1. The number of sulfonamides is 1. The topological polar surface area (TPSA) is 97.8 Å². The van der Waals surface area contributed by atoms with Gasteiger partial charge in [-0.05, 0) is 42.8 Å². The van der Waals surface area contributed by atoms with Crippen LogP contribution in [0.2, 0.25) is 5.02 Å². The standard InChI is InChI=1S/C20H23ClFNO6S2/c1-4-11-31(27,28)23(16-7-10-19(29-3)18(22)12-16)20(24)14(2)13-30(25,26)17-8-5-15(21)6-9-17/h5-10,12,14H,4,11,13H2,1-3H3. The highest BCUT2D eigenvalue weighted by Crippen LogP contribution is 2.28. The van der Waals surface area contributed by atoms with Crippen LogP contribution in [0.4, 0.5) is 10.1 Å². The second kappa shape index (κ2) is 9.97. The maximum atomic E-state index is 14.2. The van der Waals surface area contributed by atoms with Crippen molar-refractivity contribution in [2.75, 3.05) is 22.9 Å². The van der Waals surface area contributed by atoms with Crippen LogP contribution < -0.4 is 9.04 Å². The number of anilines is 1. The zero-order valence-corrected chi connectivity index (χ0v) is 19.6. The summed E-state index contributed by atoms with van der Waals surface area (Å²) < 4.78 is 70.5. The molecule has 2 aromatic rings. The average molecular weight is 492 g/mol. The molecule has 11 heteroatoms. The summed E-state index contributed by atoms with van der Waals surface area (Å²) in [6.45, 7) is 2.92. The molecule has 2 rings (SSSR count). The van der Waals surface area contributed by atoms with Crippen molar-refractivity contribution in [3.05, 3.63) is 53.3 Å². The molecule has 0 saturated heterocycles. The maximum absolute atomic E-state index is 14.2. The lowest BCUT2D eigenvalue weighted by molar-refractivity contribution is -0.120. The van der Waals surface area contributed by atoms with E-state index in [1.165, 1.54) is 50.4 Å². The van der Waals surface area contributed by atoms with E-state index < -0.39 is 43.3 Å². The van der Waals surface area contributed by atoms with Crippen LogP contribution in [-0.2, 0) is 24.7 Å². The summed E-state index contributed by atoms with van der Waals surface area (Å²) in [6.07, 6.45) is 0.211. The summed E-state index contributed by atoms with van der Waals surface area (Å²) >= 11 is 5.78. The molecule has 0 bridgehead atoms. The molecular weight excluding hydrogens is 469 g/mol. The zero-order chi connectivity index (χ0) is 23.4. The summed E-state index contributed by atoms with van der Waals surface area (Å²) in [7, 11) is -6.83. The molecule has 0 fully saturated rings. The molecule has 0 aliphatic heterocycles. The molecule has 0 heterocycles. The minimum atomic E-state index is -4.17. The van der Waals surface area contributed by atoms with Crippen molar-refractivity contribution in [2.24, 2.45) is 5.92 Å². The van der Waals surface area contributed by atoms with Gasteiger partial charge in [0.2, 0.25) is 15.9 Å². The summed E-state index contributed by atoms with van der Waals surface area (Å²) in [5.41, 5.74) is -0.229. The van der Waals surface area contributed by atoms with Crippen LogP contribution in [0.1, 0.15) is 20.3 Å². The normalized spacial score (nSPS) is 12.9. The molecule has 1 amide bonds. The maximum Gasteiger partial charge on any atom is 0.244 e. The molecule has 0 N–H and O–H groups in total. The first-order valence-electron chi connectivity index (χ1n) is 9.31. The van der Waals surface area contributed by atoms with Crippen LogP contribution in [0.25, 0.3) is 0 Å². The number of hydrogen-bond acceptors (Lipinski definition) is 6. The Labute approximate surface area is 186 Å². The number of benzene rings is 2. The molecule has 0 spiro atoms. The van der Waals surface area contributed by atoms with Crippen molar-refractivity contribution in [3.63, 3.8) is 0 Å². The van der Waals surface area contributed by atoms with Gasteiger partial charge in [-0.3, -0.25) is 4.79 Å². The number of nitrogens with zero attached hydrogens (tertiary/aromatic N) is 1. The molecule has 31 heavy (non-hydrogen) atoms. The number of hydrogen-bond donors (Lipinski definition) is 0. The number of sulfone groups is 1. The van der Waals surface area contributed by atoms with Crippen LogP contribution in [0.3, 0.4) is 0 Å². The first kappa shape index (κ1) is 25.1. The lowest BCUT2D eigenvalue weighted by atomic mass is 10.2. The Hall–Kier alpha value is -2.17. The minimum Gasteiger partial charge on any atom is -0.494 e. The van der Waals surface area contributed by atoms with Crippen molar-refractivity contribution in [1.29, 1.82) is 0 Å². The Bertz CT molecular complexity index is 1150. The second-order valence-corrected chi connectivity index (χ2v) is 11.3. The lowest BCUT2D eigenvalue weighted by Gasteiger charge is -2.25. The molecular formula is C20H23ClFNO6S2. The molecule has 170 valence electrons. The molecule has 2 aromatic carbocycles. The van der Waals surface area contributed by atoms with Gasteiger partial charge in [-0.25, -0.2) is 25.5 Å². The van der Waals surface area contributed by atoms with Gasteiger partial charge in [0.1, 0.15) is 0 Å². The minimum absolute atomic E-state index is 0.0463. The van der Waals surface area contributed by atoms with E-state index in [4.69, 9.17) is 16.3 Å². The van der Waals surface area contributed by atoms with Gasteiger partial charge in [-0.2, -0.15) is 0 Å². The first-order chi connectivity index (χ1) is 14.4. The number of rotatable bonds is 9. The fourth-order valence-electron chi connectivity index (χ4n) is 2.89. The summed E-state index contributed by atoms with van der Waals surface area (Å²) in [5, 5.41) is 0.349. The van der Waals surface area contributed by atoms with E-state index in [1.54, 1.807) is 6.92 Å². The summed E-state index contributed by atoms with van der Waals surface area (Å²) in [4.78, 5) is 13.1. The van der Waals surface area contributed by atoms with Gasteiger partial charge in [0.25, 0.3) is 0 Å². The SMILES string of the molecule is CCCS(=O)(=O)N(C(=O)C(C)CS(=O)(=O)c1ccc(Cl)cc1)c1ccc(OC)c(F)c1. The van der Waals surface area contributed by atoms with Crippen LogP contribution in [0.5, 0.6) is 5.75 Å². The van der Waals surface area contributed by atoms with Crippen LogP contribution >= 0.6 is 11.6 Å². The molecule has 1 atom stereocenters. The van der Waals surface area contributed by atoms with Crippen molar-refractivity contribution < 1.29 is 30.8 Å². The molecule has 0 radical (unpaired) electrons. The molecule has 7 nitrogen and oxygen atoms in total. The van der Waals surface area contributed by atoms with Gasteiger partial charge < -0.3 is 4.74 Å². The Balaban J connectivity index is 2.42. The fourth-order valence-corrected chi connectivity index (χ4v) is 6.15. The molecule has 0 aromatic heterocycles. The van der Waals surface area contributed by atoms with Crippen molar-refractivity contribution in [2.45, 2.75) is 25.2 Å². The Morgan fingerprint density at radius 3 is 2.26 bits per heavy atom. The number of ether oxygens (including phenoxy) is 1. The zero-order valence-electron chi connectivity index (χ0n) is 17.2. The van der Waals surface area contributed by atoms with E-state index in [2.05, 4.69) is 0 Å². The second-order valence-electron chi connectivity index (χ2n) is 6.87. The molecule has 0 aliphatic carbocycles. The Morgan fingerprint density at radius 1 is 1.13 bits per heavy atom. The Morgan fingerprint density at radius 2 is 1.74 bits per heavy atom. The summed E-state index contributed by atoms with van der Waals surface area (Å²) in [5.74, 6) is -4.19. The number of amides is 1. The lowest BCUT2D eigenvalue weighted by Crippen LogP contribution is -2.43. The molecule has 0 saturated carbocycles. The van der Waals surface area contributed by atoms with Crippen LogP contribution in [0.15, 0.2) is 47.4 Å². The average Bonchev–Trinajstić information content (AvgIpc) is 2.68. The van der Waals surface area contributed by atoms with Gasteiger partial charge in [0.05, 0.1) is 35.1 Å². The molecule has 0 aliphatic rings. The van der Waals surface area contributed by atoms with Crippen molar-refractivity contribution >= 4 is 43.1 Å². The fraction of sp³-hybridized carbons (Fsp3) is 0.350. The van der Waals surface area contributed by atoms with Gasteiger partial charge in [0, 0.05) is 11.1 Å². The van der Waals surface area contributed by atoms with E-state index in [9.17, 15) is 26.0 Å². The van der Waals surface area contributed by atoms with E-state index in [-0.39, 0.29) is 28.5 Å². The van der Waals surface area contributed by atoms with Gasteiger partial charge in [0.15, 0.2) is 21.4 Å². The van der Waals surface area contributed by atoms with E-state index >= 15 is 0 Å². The predicted molar refractivity (Wildman–Crippen MR) is 117 cm³/mol. The summed E-state index contributed by atoms with van der Waals surface area (Å²) in [6, 6.07) is 8.70. The van der Waals surface area contributed by atoms with Gasteiger partial charge in [-0.15, -0.1) is 0 Å². The van der Waals surface area contributed by atoms with E-state index in [0.29, 0.717) is 9.33 Å². The largest absolute Gasteiger partial charge is 0.494 e. The first-order valence-corrected chi connectivity index (χ1v) is 13.0. The monoisotopic (exact) mass is 491 g/mol.